The maximum atomic E-state index is 6.11. The molecule has 19 heavy (non-hydrogen) atoms. The van der Waals surface area contributed by atoms with Crippen LogP contribution in [0.4, 0.5) is 0 Å². The Balaban J connectivity index is 2.03. The number of methoxy groups -OCH3 is 1. The van der Waals surface area contributed by atoms with E-state index in [1.807, 2.05) is 24.3 Å². The Bertz CT molecular complexity index is 543. The number of rotatable bonds is 5. The van der Waals surface area contributed by atoms with Gasteiger partial charge in [0.1, 0.15) is 18.8 Å². The predicted octanol–water partition coefficient (Wildman–Crippen LogP) is 3.27. The molecule has 0 saturated carbocycles. The van der Waals surface area contributed by atoms with Gasteiger partial charge >= 0.3 is 0 Å². The lowest BCUT2D eigenvalue weighted by atomic mass is 10.2. The summed E-state index contributed by atoms with van der Waals surface area (Å²) in [6.07, 6.45) is 0. The molecule has 0 amide bonds. The molecular weight excluding hydrogens is 281 g/mol. The van der Waals surface area contributed by atoms with Crippen molar-refractivity contribution in [2.75, 3.05) is 7.11 Å². The van der Waals surface area contributed by atoms with Crippen molar-refractivity contribution in [2.24, 2.45) is 0 Å². The van der Waals surface area contributed by atoms with Crippen molar-refractivity contribution in [1.82, 2.24) is 0 Å². The topological polar surface area (TPSA) is 25.8 Å². The third-order valence-electron chi connectivity index (χ3n) is 2.88. The van der Waals surface area contributed by atoms with E-state index in [1.165, 1.54) is 5.56 Å². The van der Waals surface area contributed by atoms with Crippen LogP contribution in [0.15, 0.2) is 42.5 Å². The van der Waals surface area contributed by atoms with Gasteiger partial charge < -0.3 is 10.1 Å². The fourth-order valence-electron chi connectivity index (χ4n) is 2.00. The van der Waals surface area contributed by atoms with Gasteiger partial charge in [-0.15, -0.1) is 0 Å². The first-order valence-corrected chi connectivity index (χ1v) is 6.84. The van der Waals surface area contributed by atoms with Gasteiger partial charge in [0.25, 0.3) is 0 Å². The van der Waals surface area contributed by atoms with Crippen molar-refractivity contribution < 1.29 is 10.1 Å². The molecule has 100 valence electrons. The largest absolute Gasteiger partial charge is 0.495 e. The smallest absolute Gasteiger partial charge is 0.146 e. The lowest BCUT2D eigenvalue weighted by Gasteiger charge is -2.10. The highest BCUT2D eigenvalue weighted by atomic mass is 35.5. The molecular formula is C15H16Cl2NO+. The minimum absolute atomic E-state index is 0.554. The number of ether oxygens (including phenoxy) is 1. The number of benzene rings is 2. The third kappa shape index (κ3) is 3.87. The molecule has 0 aromatic heterocycles. The van der Waals surface area contributed by atoms with Crippen molar-refractivity contribution in [3.63, 3.8) is 0 Å². The summed E-state index contributed by atoms with van der Waals surface area (Å²) in [7, 11) is 1.62. The van der Waals surface area contributed by atoms with Gasteiger partial charge in [0, 0.05) is 10.6 Å². The molecule has 2 nitrogen and oxygen atoms in total. The normalized spacial score (nSPS) is 10.5. The first-order chi connectivity index (χ1) is 9.20. The summed E-state index contributed by atoms with van der Waals surface area (Å²) in [6.45, 7) is 1.69. The van der Waals surface area contributed by atoms with Crippen LogP contribution in [0, 0.1) is 0 Å². The number of hydrogen-bond acceptors (Lipinski definition) is 1. The first-order valence-electron chi connectivity index (χ1n) is 6.08. The molecule has 0 heterocycles. The van der Waals surface area contributed by atoms with Crippen LogP contribution in [0.5, 0.6) is 5.75 Å². The molecule has 2 N–H and O–H groups in total. The molecule has 2 rings (SSSR count). The lowest BCUT2D eigenvalue weighted by molar-refractivity contribution is -0.686. The minimum atomic E-state index is 0.554. The maximum Gasteiger partial charge on any atom is 0.146 e. The van der Waals surface area contributed by atoms with Gasteiger partial charge in [-0.25, -0.2) is 0 Å². The van der Waals surface area contributed by atoms with Crippen molar-refractivity contribution in [3.8, 4) is 5.75 Å². The second kappa shape index (κ2) is 6.80. The highest BCUT2D eigenvalue weighted by Gasteiger charge is 2.11. The lowest BCUT2D eigenvalue weighted by Crippen LogP contribution is -2.80. The molecule has 0 aliphatic rings. The van der Waals surface area contributed by atoms with Crippen LogP contribution in [0.3, 0.4) is 0 Å². The van der Waals surface area contributed by atoms with Gasteiger partial charge in [0.05, 0.1) is 17.7 Å². The Kier molecular flexibility index (Phi) is 5.08. The highest BCUT2D eigenvalue weighted by Crippen LogP contribution is 2.31. The van der Waals surface area contributed by atoms with Crippen LogP contribution in [0.25, 0.3) is 0 Å². The van der Waals surface area contributed by atoms with Crippen molar-refractivity contribution in [1.29, 1.82) is 0 Å². The monoisotopic (exact) mass is 296 g/mol. The summed E-state index contributed by atoms with van der Waals surface area (Å²) < 4.78 is 5.32. The van der Waals surface area contributed by atoms with E-state index in [0.717, 1.165) is 18.7 Å². The average molecular weight is 297 g/mol. The average Bonchev–Trinajstić information content (AvgIpc) is 2.39. The fraction of sp³-hybridized carbons (Fsp3) is 0.200. The molecule has 0 aliphatic heterocycles. The summed E-state index contributed by atoms with van der Waals surface area (Å²) in [4.78, 5) is 0. The van der Waals surface area contributed by atoms with Crippen LogP contribution in [-0.4, -0.2) is 7.11 Å². The second-order valence-electron chi connectivity index (χ2n) is 4.26. The minimum Gasteiger partial charge on any atom is -0.495 e. The number of quaternary nitrogens is 1. The van der Waals surface area contributed by atoms with E-state index in [9.17, 15) is 0 Å². The van der Waals surface area contributed by atoms with E-state index in [2.05, 4.69) is 17.4 Å². The van der Waals surface area contributed by atoms with Gasteiger partial charge in [-0.1, -0.05) is 53.5 Å². The van der Waals surface area contributed by atoms with E-state index in [-0.39, 0.29) is 0 Å². The van der Waals surface area contributed by atoms with Crippen molar-refractivity contribution in [3.05, 3.63) is 63.6 Å². The van der Waals surface area contributed by atoms with E-state index in [0.29, 0.717) is 15.8 Å². The highest BCUT2D eigenvalue weighted by molar-refractivity contribution is 6.35. The Morgan fingerprint density at radius 1 is 1.05 bits per heavy atom. The molecule has 2 aromatic rings. The van der Waals surface area contributed by atoms with Crippen LogP contribution >= 0.6 is 23.2 Å². The van der Waals surface area contributed by atoms with E-state index in [1.54, 1.807) is 13.2 Å². The zero-order valence-electron chi connectivity index (χ0n) is 10.7. The number of hydrogen-bond donors (Lipinski definition) is 1. The standard InChI is InChI=1S/C15H15Cl2NO/c1-19-15-12(7-13(16)8-14(15)17)10-18-9-11-5-3-2-4-6-11/h2-8,18H,9-10H2,1H3/p+1. The first kappa shape index (κ1) is 14.2. The molecule has 0 fully saturated rings. The van der Waals surface area contributed by atoms with Gasteiger partial charge in [-0.3, -0.25) is 0 Å². The van der Waals surface area contributed by atoms with Crippen LogP contribution in [0.1, 0.15) is 11.1 Å². The molecule has 0 atom stereocenters. The van der Waals surface area contributed by atoms with Crippen LogP contribution in [0.2, 0.25) is 10.0 Å². The zero-order chi connectivity index (χ0) is 13.7. The number of nitrogens with two attached hydrogens (primary N) is 1. The molecule has 4 heteroatoms. The molecule has 0 spiro atoms. The van der Waals surface area contributed by atoms with Crippen LogP contribution in [-0.2, 0) is 13.1 Å². The molecule has 0 unspecified atom stereocenters. The van der Waals surface area contributed by atoms with E-state index in [4.69, 9.17) is 27.9 Å². The Morgan fingerprint density at radius 2 is 1.79 bits per heavy atom. The maximum absolute atomic E-state index is 6.11. The fourth-order valence-corrected chi connectivity index (χ4v) is 2.62. The van der Waals surface area contributed by atoms with Crippen molar-refractivity contribution >= 4 is 23.2 Å². The molecule has 0 bridgehead atoms. The number of halogens is 2. The van der Waals surface area contributed by atoms with Gasteiger partial charge in [0.2, 0.25) is 0 Å². The Labute approximate surface area is 123 Å². The predicted molar refractivity (Wildman–Crippen MR) is 78.8 cm³/mol. The molecule has 0 radical (unpaired) electrons. The quantitative estimate of drug-likeness (QED) is 0.900. The summed E-state index contributed by atoms with van der Waals surface area (Å²) >= 11 is 12.1. The molecule has 0 saturated heterocycles. The second-order valence-corrected chi connectivity index (χ2v) is 5.11. The Hall–Kier alpha value is -1.22. The SMILES string of the molecule is COc1c(Cl)cc(Cl)cc1C[NH2+]Cc1ccccc1. The summed E-state index contributed by atoms with van der Waals surface area (Å²) in [5.74, 6) is 0.704. The summed E-state index contributed by atoms with van der Waals surface area (Å²) in [5.41, 5.74) is 2.30. The third-order valence-corrected chi connectivity index (χ3v) is 3.38. The zero-order valence-corrected chi connectivity index (χ0v) is 12.2. The Morgan fingerprint density at radius 3 is 2.47 bits per heavy atom. The molecule has 2 aromatic carbocycles. The van der Waals surface area contributed by atoms with Gasteiger partial charge in [-0.2, -0.15) is 0 Å². The van der Waals surface area contributed by atoms with Crippen molar-refractivity contribution in [2.45, 2.75) is 13.1 Å². The summed E-state index contributed by atoms with van der Waals surface area (Å²) in [5, 5.41) is 3.38. The molecule has 0 aliphatic carbocycles. The van der Waals surface area contributed by atoms with E-state index >= 15 is 0 Å². The van der Waals surface area contributed by atoms with Gasteiger partial charge in [-0.05, 0) is 12.1 Å². The van der Waals surface area contributed by atoms with E-state index < -0.39 is 0 Å². The summed E-state index contributed by atoms with van der Waals surface area (Å²) in [6, 6.07) is 13.9. The van der Waals surface area contributed by atoms with Gasteiger partial charge in [0.15, 0.2) is 0 Å². The van der Waals surface area contributed by atoms with Crippen LogP contribution < -0.4 is 10.1 Å².